The fourth-order valence-corrected chi connectivity index (χ4v) is 5.31. The summed E-state index contributed by atoms with van der Waals surface area (Å²) in [6, 6.07) is 17.9. The van der Waals surface area contributed by atoms with E-state index >= 15 is 0 Å². The molecule has 4 rings (SSSR count). The summed E-state index contributed by atoms with van der Waals surface area (Å²) < 4.78 is 66.4. The topological polar surface area (TPSA) is 85.2 Å². The molecule has 12 heteroatoms. The molecule has 4 aromatic rings. The van der Waals surface area contributed by atoms with Crippen LogP contribution in [0.2, 0.25) is 0 Å². The van der Waals surface area contributed by atoms with E-state index in [2.05, 4.69) is 0 Å². The van der Waals surface area contributed by atoms with E-state index in [4.69, 9.17) is 23.7 Å². The van der Waals surface area contributed by atoms with Gasteiger partial charge >= 0.3 is 17.0 Å². The zero-order chi connectivity index (χ0) is 31.7. The minimum atomic E-state index is -4.57. The molecule has 1 atom stereocenters. The van der Waals surface area contributed by atoms with E-state index in [1.807, 2.05) is 42.5 Å². The lowest BCUT2D eigenvalue weighted by atomic mass is 10.1. The Labute approximate surface area is 256 Å². The van der Waals surface area contributed by atoms with Crippen LogP contribution in [0.4, 0.5) is 13.2 Å². The van der Waals surface area contributed by atoms with Crippen LogP contribution in [0.1, 0.15) is 23.6 Å². The number of thiazole rings is 1. The maximum absolute atomic E-state index is 12.7. The lowest BCUT2D eigenvalue weighted by molar-refractivity contribution is -0.194. The molecule has 1 aromatic heterocycles. The van der Waals surface area contributed by atoms with E-state index in [1.54, 1.807) is 56.0 Å². The average Bonchev–Trinajstić information content (AvgIpc) is 3.32. The SMILES string of the molecule is CCOC(=O)C(Cc1ccc(OCCn2c(=O)sc3cc(/C=C/c4cc(OC)cc(OC)c4)ccc32)cc1)OCC(F)(F)F. The van der Waals surface area contributed by atoms with Gasteiger partial charge in [0.15, 0.2) is 6.10 Å². The molecule has 8 nitrogen and oxygen atoms in total. The third-order valence-corrected chi connectivity index (χ3v) is 7.40. The third-order valence-electron chi connectivity index (χ3n) is 6.46. The number of esters is 1. The molecule has 3 aromatic carbocycles. The lowest BCUT2D eigenvalue weighted by Gasteiger charge is -2.18. The van der Waals surface area contributed by atoms with Gasteiger partial charge in [-0.15, -0.1) is 0 Å². The Balaban J connectivity index is 1.36. The van der Waals surface area contributed by atoms with Gasteiger partial charge in [-0.2, -0.15) is 13.2 Å². The molecule has 0 spiro atoms. The van der Waals surface area contributed by atoms with E-state index in [-0.39, 0.29) is 24.5 Å². The molecule has 44 heavy (non-hydrogen) atoms. The molecule has 0 aliphatic carbocycles. The fourth-order valence-electron chi connectivity index (χ4n) is 4.35. The molecule has 0 fully saturated rings. The third kappa shape index (κ3) is 9.10. The Bertz CT molecular complexity index is 1620. The number of hydrogen-bond donors (Lipinski definition) is 0. The van der Waals surface area contributed by atoms with Crippen molar-refractivity contribution in [2.24, 2.45) is 0 Å². The van der Waals surface area contributed by atoms with Gasteiger partial charge in [0.2, 0.25) is 0 Å². The molecule has 0 amide bonds. The van der Waals surface area contributed by atoms with Gasteiger partial charge in [0.25, 0.3) is 0 Å². The first-order chi connectivity index (χ1) is 21.1. The monoisotopic (exact) mass is 631 g/mol. The van der Waals surface area contributed by atoms with Crippen molar-refractivity contribution in [1.82, 2.24) is 4.57 Å². The fraction of sp³-hybridized carbons (Fsp3) is 0.312. The summed E-state index contributed by atoms with van der Waals surface area (Å²) >= 11 is 1.15. The normalized spacial score (nSPS) is 12.4. The van der Waals surface area contributed by atoms with Gasteiger partial charge in [-0.25, -0.2) is 4.79 Å². The number of benzene rings is 3. The number of ether oxygens (including phenoxy) is 5. The number of hydrogen-bond acceptors (Lipinski definition) is 8. The molecule has 1 heterocycles. The smallest absolute Gasteiger partial charge is 0.411 e. The number of carbonyl (C=O) groups excluding carboxylic acids is 1. The largest absolute Gasteiger partial charge is 0.497 e. The standard InChI is InChI=1S/C32H32F3NO7S/c1-4-41-30(37)28(43-20-32(33,34)35)17-21-7-10-24(11-8-21)42-14-13-36-27-12-9-22(18-29(27)44-31(36)38)5-6-23-15-25(39-2)19-26(16-23)40-3/h5-12,15-16,18-19,28H,4,13-14,17,20H2,1-3H3/b6-5+. The summed E-state index contributed by atoms with van der Waals surface area (Å²) in [5.74, 6) is 1.02. The van der Waals surface area contributed by atoms with Crippen LogP contribution in [0.25, 0.3) is 22.4 Å². The summed E-state index contributed by atoms with van der Waals surface area (Å²) in [5, 5.41) is 0. The van der Waals surface area contributed by atoms with Crippen molar-refractivity contribution >= 4 is 39.7 Å². The molecule has 1 unspecified atom stereocenters. The predicted octanol–water partition coefficient (Wildman–Crippen LogP) is 6.38. The molecular weight excluding hydrogens is 599 g/mol. The van der Waals surface area contributed by atoms with Gasteiger partial charge in [0.05, 0.1) is 37.6 Å². The van der Waals surface area contributed by atoms with Gasteiger partial charge < -0.3 is 23.7 Å². The maximum Gasteiger partial charge on any atom is 0.411 e. The lowest BCUT2D eigenvalue weighted by Crippen LogP contribution is -2.32. The summed E-state index contributed by atoms with van der Waals surface area (Å²) in [6.07, 6.45) is -2.15. The molecule has 0 aliphatic heterocycles. The molecule has 0 saturated carbocycles. The zero-order valence-electron chi connectivity index (χ0n) is 24.4. The van der Waals surface area contributed by atoms with Crippen LogP contribution in [-0.4, -0.2) is 56.9 Å². The number of methoxy groups -OCH3 is 2. The molecular formula is C32H32F3NO7S. The second kappa shape index (κ2) is 14.9. The quantitative estimate of drug-likeness (QED) is 0.118. The van der Waals surface area contributed by atoms with E-state index in [0.717, 1.165) is 32.7 Å². The van der Waals surface area contributed by atoms with E-state index in [0.29, 0.717) is 29.4 Å². The first-order valence-electron chi connectivity index (χ1n) is 13.7. The molecule has 0 bridgehead atoms. The van der Waals surface area contributed by atoms with Gasteiger partial charge in [0, 0.05) is 12.5 Å². The second-order valence-corrected chi connectivity index (χ2v) is 10.6. The highest BCUT2D eigenvalue weighted by molar-refractivity contribution is 7.16. The van der Waals surface area contributed by atoms with Crippen LogP contribution < -0.4 is 19.1 Å². The van der Waals surface area contributed by atoms with Crippen LogP contribution in [0.5, 0.6) is 17.2 Å². The average molecular weight is 632 g/mol. The van der Waals surface area contributed by atoms with Crippen LogP contribution in [0.3, 0.4) is 0 Å². The van der Waals surface area contributed by atoms with E-state index < -0.39 is 24.9 Å². The summed E-state index contributed by atoms with van der Waals surface area (Å²) in [7, 11) is 3.19. The van der Waals surface area contributed by atoms with Crippen LogP contribution >= 0.6 is 11.3 Å². The molecule has 0 saturated heterocycles. The maximum atomic E-state index is 12.7. The number of alkyl halides is 3. The summed E-state index contributed by atoms with van der Waals surface area (Å²) in [6.45, 7) is 0.569. The highest BCUT2D eigenvalue weighted by atomic mass is 32.1. The molecule has 234 valence electrons. The van der Waals surface area contributed by atoms with Crippen molar-refractivity contribution in [3.05, 3.63) is 87.0 Å². The van der Waals surface area contributed by atoms with Crippen molar-refractivity contribution in [3.8, 4) is 17.2 Å². The van der Waals surface area contributed by atoms with Gasteiger partial charge in [-0.1, -0.05) is 41.7 Å². The Hall–Kier alpha value is -4.29. The molecule has 0 radical (unpaired) electrons. The number of rotatable bonds is 14. The van der Waals surface area contributed by atoms with Crippen molar-refractivity contribution in [2.45, 2.75) is 32.2 Å². The number of aromatic nitrogens is 1. The van der Waals surface area contributed by atoms with Crippen LogP contribution in [-0.2, 0) is 27.2 Å². The van der Waals surface area contributed by atoms with E-state index in [1.165, 1.54) is 0 Å². The first-order valence-corrected chi connectivity index (χ1v) is 14.5. The minimum Gasteiger partial charge on any atom is -0.497 e. The second-order valence-electron chi connectivity index (χ2n) is 9.59. The van der Waals surface area contributed by atoms with Crippen LogP contribution in [0, 0.1) is 0 Å². The molecule has 0 aliphatic rings. The highest BCUT2D eigenvalue weighted by Crippen LogP contribution is 2.25. The number of carbonyl (C=O) groups is 1. The Kier molecular flexibility index (Phi) is 11.1. The Morgan fingerprint density at radius 2 is 1.61 bits per heavy atom. The summed E-state index contributed by atoms with van der Waals surface area (Å²) in [5.41, 5.74) is 3.21. The highest BCUT2D eigenvalue weighted by Gasteiger charge is 2.32. The minimum absolute atomic E-state index is 0.0263. The number of halogens is 3. The zero-order valence-corrected chi connectivity index (χ0v) is 25.2. The van der Waals surface area contributed by atoms with Crippen molar-refractivity contribution in [3.63, 3.8) is 0 Å². The van der Waals surface area contributed by atoms with Crippen molar-refractivity contribution in [2.75, 3.05) is 34.0 Å². The van der Waals surface area contributed by atoms with Gasteiger partial charge in [0.1, 0.15) is 30.5 Å². The predicted molar refractivity (Wildman–Crippen MR) is 163 cm³/mol. The number of fused-ring (bicyclic) bond motifs is 1. The van der Waals surface area contributed by atoms with E-state index in [9.17, 15) is 22.8 Å². The Morgan fingerprint density at radius 3 is 2.25 bits per heavy atom. The van der Waals surface area contributed by atoms with Crippen molar-refractivity contribution < 1.29 is 41.7 Å². The van der Waals surface area contributed by atoms with Crippen molar-refractivity contribution in [1.29, 1.82) is 0 Å². The molecule has 0 N–H and O–H groups in total. The van der Waals surface area contributed by atoms with Gasteiger partial charge in [-0.05, 0) is 60.0 Å². The first kappa shape index (κ1) is 32.6. The number of nitrogens with zero attached hydrogens (tertiary/aromatic N) is 1. The van der Waals surface area contributed by atoms with Gasteiger partial charge in [-0.3, -0.25) is 9.36 Å². The summed E-state index contributed by atoms with van der Waals surface area (Å²) in [4.78, 5) is 24.7. The Morgan fingerprint density at radius 1 is 0.932 bits per heavy atom. The van der Waals surface area contributed by atoms with Crippen LogP contribution in [0.15, 0.2) is 65.5 Å².